The van der Waals surface area contributed by atoms with Crippen LogP contribution in [0.5, 0.6) is 6.01 Å². The minimum absolute atomic E-state index is 0.286. The van der Waals surface area contributed by atoms with Gasteiger partial charge in [-0.1, -0.05) is 6.07 Å². The van der Waals surface area contributed by atoms with Crippen molar-refractivity contribution in [3.8, 4) is 6.01 Å². The van der Waals surface area contributed by atoms with Crippen LogP contribution in [0.1, 0.15) is 12.5 Å². The lowest BCUT2D eigenvalue weighted by Crippen LogP contribution is -2.32. The molecule has 1 unspecified atom stereocenters. The summed E-state index contributed by atoms with van der Waals surface area (Å²) in [4.78, 5) is 17.9. The second-order valence-electron chi connectivity index (χ2n) is 3.98. The number of benzene rings is 1. The molecule has 1 atom stereocenters. The highest BCUT2D eigenvalue weighted by Gasteiger charge is 2.13. The Bertz CT molecular complexity index is 565. The third-order valence-corrected chi connectivity index (χ3v) is 2.58. The van der Waals surface area contributed by atoms with Gasteiger partial charge in [-0.15, -0.1) is 0 Å². The summed E-state index contributed by atoms with van der Waals surface area (Å²) in [7, 11) is 0. The number of aromatic amines is 1. The number of imidazole rings is 1. The smallest absolute Gasteiger partial charge is 0.320 e. The van der Waals surface area contributed by atoms with Gasteiger partial charge in [0.15, 0.2) is 0 Å². The van der Waals surface area contributed by atoms with Crippen molar-refractivity contribution in [3.63, 3.8) is 0 Å². The average Bonchev–Trinajstić information content (AvgIpc) is 2.71. The van der Waals surface area contributed by atoms with Gasteiger partial charge < -0.3 is 20.6 Å². The molecule has 0 fully saturated rings. The molecule has 0 saturated heterocycles. The van der Waals surface area contributed by atoms with Crippen molar-refractivity contribution in [3.05, 3.63) is 23.8 Å². The fraction of sp³-hybridized carbons (Fsp3) is 0.333. The zero-order chi connectivity index (χ0) is 13.1. The van der Waals surface area contributed by atoms with Crippen molar-refractivity contribution < 1.29 is 14.6 Å². The minimum atomic E-state index is -1.00. The number of fused-ring (bicyclic) bond motifs is 1. The van der Waals surface area contributed by atoms with E-state index in [9.17, 15) is 4.79 Å². The lowest BCUT2D eigenvalue weighted by molar-refractivity contribution is -0.138. The summed E-state index contributed by atoms with van der Waals surface area (Å²) in [6, 6.07) is 5.05. The molecule has 96 valence electrons. The Kier molecular flexibility index (Phi) is 3.47. The van der Waals surface area contributed by atoms with Crippen LogP contribution in [0.3, 0.4) is 0 Å². The van der Waals surface area contributed by atoms with Crippen molar-refractivity contribution in [2.75, 3.05) is 6.61 Å². The molecule has 6 heteroatoms. The van der Waals surface area contributed by atoms with Crippen LogP contribution in [0.25, 0.3) is 11.0 Å². The molecular formula is C12H15N3O3. The lowest BCUT2D eigenvalue weighted by Gasteiger charge is -2.05. The number of aliphatic carboxylic acids is 1. The SMILES string of the molecule is CCOc1nc2ccc(CC(N)C(=O)O)cc2[nH]1. The number of rotatable bonds is 5. The molecule has 0 aliphatic rings. The van der Waals surface area contributed by atoms with Crippen LogP contribution in [0, 0.1) is 0 Å². The molecule has 4 N–H and O–H groups in total. The predicted molar refractivity (Wildman–Crippen MR) is 66.6 cm³/mol. The molecule has 0 aliphatic heterocycles. The molecule has 6 nitrogen and oxygen atoms in total. The zero-order valence-corrected chi connectivity index (χ0v) is 10.0. The number of aromatic nitrogens is 2. The maximum atomic E-state index is 10.7. The molecule has 1 aromatic heterocycles. The predicted octanol–water partition coefficient (Wildman–Crippen LogP) is 0.916. The van der Waals surface area contributed by atoms with Crippen molar-refractivity contribution in [1.82, 2.24) is 9.97 Å². The molecule has 2 aromatic rings. The van der Waals surface area contributed by atoms with Gasteiger partial charge in [-0.2, -0.15) is 4.98 Å². The number of carbonyl (C=O) groups is 1. The fourth-order valence-electron chi connectivity index (χ4n) is 1.71. The summed E-state index contributed by atoms with van der Waals surface area (Å²) >= 11 is 0. The average molecular weight is 249 g/mol. The molecule has 18 heavy (non-hydrogen) atoms. The van der Waals surface area contributed by atoms with E-state index in [-0.39, 0.29) is 6.42 Å². The van der Waals surface area contributed by atoms with Gasteiger partial charge in [0.25, 0.3) is 6.01 Å². The largest absolute Gasteiger partial charge is 0.480 e. The standard InChI is InChI=1S/C12H15N3O3/c1-2-18-12-14-9-4-3-7(6-10(9)15-12)5-8(13)11(16)17/h3-4,6,8H,2,5,13H2,1H3,(H,14,15)(H,16,17). The number of nitrogens with two attached hydrogens (primary N) is 1. The molecule has 2 rings (SSSR count). The summed E-state index contributed by atoms with van der Waals surface area (Å²) in [6.07, 6.45) is 0.286. The Balaban J connectivity index is 2.23. The Morgan fingerprint density at radius 1 is 1.61 bits per heavy atom. The first-order chi connectivity index (χ1) is 8.60. The second kappa shape index (κ2) is 5.05. The van der Waals surface area contributed by atoms with Gasteiger partial charge in [-0.25, -0.2) is 0 Å². The van der Waals surface area contributed by atoms with Crippen molar-refractivity contribution in [2.24, 2.45) is 5.73 Å². The third-order valence-electron chi connectivity index (χ3n) is 2.58. The van der Waals surface area contributed by atoms with Gasteiger partial charge in [0.05, 0.1) is 17.6 Å². The molecule has 0 amide bonds. The van der Waals surface area contributed by atoms with Crippen LogP contribution in [0.2, 0.25) is 0 Å². The lowest BCUT2D eigenvalue weighted by atomic mass is 10.1. The van der Waals surface area contributed by atoms with Crippen LogP contribution >= 0.6 is 0 Å². The number of H-pyrrole nitrogens is 1. The van der Waals surface area contributed by atoms with E-state index in [1.807, 2.05) is 25.1 Å². The van der Waals surface area contributed by atoms with Gasteiger partial charge >= 0.3 is 5.97 Å². The first-order valence-electron chi connectivity index (χ1n) is 5.70. The monoisotopic (exact) mass is 249 g/mol. The molecule has 0 bridgehead atoms. The van der Waals surface area contributed by atoms with Gasteiger partial charge in [-0.05, 0) is 31.0 Å². The quantitative estimate of drug-likeness (QED) is 0.731. The summed E-state index contributed by atoms with van der Waals surface area (Å²) in [6.45, 7) is 2.42. The molecule has 0 saturated carbocycles. The second-order valence-corrected chi connectivity index (χ2v) is 3.98. The van der Waals surface area contributed by atoms with Crippen LogP contribution in [-0.4, -0.2) is 33.7 Å². The van der Waals surface area contributed by atoms with Crippen molar-refractivity contribution >= 4 is 17.0 Å². The molecule has 0 radical (unpaired) electrons. The highest BCUT2D eigenvalue weighted by Crippen LogP contribution is 2.18. The van der Waals surface area contributed by atoms with E-state index in [4.69, 9.17) is 15.6 Å². The van der Waals surface area contributed by atoms with Gasteiger partial charge in [0.1, 0.15) is 6.04 Å². The highest BCUT2D eigenvalue weighted by molar-refractivity contribution is 5.77. The van der Waals surface area contributed by atoms with E-state index < -0.39 is 12.0 Å². The van der Waals surface area contributed by atoms with E-state index in [1.54, 1.807) is 0 Å². The maximum absolute atomic E-state index is 10.7. The summed E-state index contributed by atoms with van der Waals surface area (Å²) in [5.41, 5.74) is 7.94. The van der Waals surface area contributed by atoms with E-state index in [0.29, 0.717) is 12.6 Å². The van der Waals surface area contributed by atoms with Crippen molar-refractivity contribution in [2.45, 2.75) is 19.4 Å². The summed E-state index contributed by atoms with van der Waals surface area (Å²) in [5.74, 6) is -1.00. The highest BCUT2D eigenvalue weighted by atomic mass is 16.5. The fourth-order valence-corrected chi connectivity index (χ4v) is 1.71. The van der Waals surface area contributed by atoms with E-state index in [1.165, 1.54) is 0 Å². The molecular weight excluding hydrogens is 234 g/mol. The van der Waals surface area contributed by atoms with Crippen LogP contribution in [0.15, 0.2) is 18.2 Å². The zero-order valence-electron chi connectivity index (χ0n) is 10.0. The third kappa shape index (κ3) is 2.60. The van der Waals surface area contributed by atoms with Crippen molar-refractivity contribution in [1.29, 1.82) is 0 Å². The van der Waals surface area contributed by atoms with Crippen LogP contribution < -0.4 is 10.5 Å². The molecule has 1 heterocycles. The molecule has 1 aromatic carbocycles. The maximum Gasteiger partial charge on any atom is 0.320 e. The van der Waals surface area contributed by atoms with Gasteiger partial charge in [-0.3, -0.25) is 4.79 Å². The first kappa shape index (κ1) is 12.4. The van der Waals surface area contributed by atoms with E-state index in [0.717, 1.165) is 16.6 Å². The number of carboxylic acids is 1. The first-order valence-corrected chi connectivity index (χ1v) is 5.70. The van der Waals surface area contributed by atoms with Gasteiger partial charge in [0, 0.05) is 0 Å². The minimum Gasteiger partial charge on any atom is -0.480 e. The topological polar surface area (TPSA) is 101 Å². The molecule has 0 spiro atoms. The summed E-state index contributed by atoms with van der Waals surface area (Å²) in [5, 5.41) is 8.77. The number of nitrogens with zero attached hydrogens (tertiary/aromatic N) is 1. The Labute approximate surface area is 104 Å². The van der Waals surface area contributed by atoms with Crippen LogP contribution in [0.4, 0.5) is 0 Å². The summed E-state index contributed by atoms with van der Waals surface area (Å²) < 4.78 is 5.26. The van der Waals surface area contributed by atoms with Gasteiger partial charge in [0.2, 0.25) is 0 Å². The molecule has 0 aliphatic carbocycles. The number of carboxylic acid groups (broad SMARTS) is 1. The van der Waals surface area contributed by atoms with E-state index >= 15 is 0 Å². The Hall–Kier alpha value is -2.08. The number of nitrogens with one attached hydrogen (secondary N) is 1. The number of ether oxygens (including phenoxy) is 1. The number of hydrogen-bond acceptors (Lipinski definition) is 4. The number of hydrogen-bond donors (Lipinski definition) is 3. The normalized spacial score (nSPS) is 12.6. The Morgan fingerprint density at radius 2 is 2.39 bits per heavy atom. The Morgan fingerprint density at radius 3 is 3.06 bits per heavy atom. The van der Waals surface area contributed by atoms with Crippen LogP contribution in [-0.2, 0) is 11.2 Å². The van der Waals surface area contributed by atoms with E-state index in [2.05, 4.69) is 9.97 Å².